The summed E-state index contributed by atoms with van der Waals surface area (Å²) in [6.45, 7) is 0. The molecule has 1 heterocycles. The smallest absolute Gasteiger partial charge is 0.187 e. The van der Waals surface area contributed by atoms with Gasteiger partial charge in [0.05, 0.1) is 0 Å². The van der Waals surface area contributed by atoms with Crippen LogP contribution in [-0.2, 0) is 9.59 Å². The maximum absolute atomic E-state index is 10.6. The summed E-state index contributed by atoms with van der Waals surface area (Å²) in [6, 6.07) is 0. The molecule has 1 saturated heterocycles. The molecule has 6 heteroatoms. The molecule has 56 valence electrons. The molecule has 4 atom stereocenters. The maximum Gasteiger partial charge on any atom is 0.187 e. The third-order valence-electron chi connectivity index (χ3n) is 1.15. The van der Waals surface area contributed by atoms with Crippen molar-refractivity contribution in [3.05, 3.63) is 0 Å². The van der Waals surface area contributed by atoms with E-state index in [9.17, 15) is 9.59 Å². The molecule has 0 aromatic rings. The Hall–Kier alpha value is 0.120. The van der Waals surface area contributed by atoms with Crippen molar-refractivity contribution in [2.45, 2.75) is 12.2 Å². The standard InChI is InChI=1S/C4H6O4P2/c5-1-2(6)4(8)10-9-3(1)7/h1-2,5-6,9-10H. The summed E-state index contributed by atoms with van der Waals surface area (Å²) in [7, 11) is -0.297. The van der Waals surface area contributed by atoms with Crippen LogP contribution in [0, 0.1) is 0 Å². The Balaban J connectivity index is 2.69. The third kappa shape index (κ3) is 1.40. The van der Waals surface area contributed by atoms with Crippen LogP contribution in [-0.4, -0.2) is 33.5 Å². The normalized spacial score (nSPS) is 39.4. The molecule has 0 radical (unpaired) electrons. The molecule has 4 unspecified atom stereocenters. The molecule has 0 aliphatic carbocycles. The van der Waals surface area contributed by atoms with Crippen molar-refractivity contribution >= 4 is 27.6 Å². The van der Waals surface area contributed by atoms with E-state index in [-0.39, 0.29) is 16.5 Å². The highest BCUT2D eigenvalue weighted by molar-refractivity contribution is 8.26. The molecule has 1 rings (SSSR count). The topological polar surface area (TPSA) is 74.6 Å². The Kier molecular flexibility index (Phi) is 2.48. The van der Waals surface area contributed by atoms with Gasteiger partial charge in [0.25, 0.3) is 0 Å². The predicted octanol–water partition coefficient (Wildman–Crippen LogP) is -0.953. The van der Waals surface area contributed by atoms with Crippen LogP contribution < -0.4 is 0 Å². The fourth-order valence-corrected chi connectivity index (χ4v) is 3.04. The van der Waals surface area contributed by atoms with Crippen molar-refractivity contribution in [3.8, 4) is 0 Å². The molecule has 0 bridgehead atoms. The highest BCUT2D eigenvalue weighted by Crippen LogP contribution is 2.44. The lowest BCUT2D eigenvalue weighted by atomic mass is 10.2. The van der Waals surface area contributed by atoms with Crippen molar-refractivity contribution in [2.75, 3.05) is 0 Å². The highest BCUT2D eigenvalue weighted by Gasteiger charge is 2.34. The first-order valence-corrected chi connectivity index (χ1v) is 5.59. The van der Waals surface area contributed by atoms with Crippen molar-refractivity contribution in [1.82, 2.24) is 0 Å². The van der Waals surface area contributed by atoms with Crippen LogP contribution in [0.2, 0.25) is 0 Å². The van der Waals surface area contributed by atoms with E-state index < -0.39 is 23.3 Å². The van der Waals surface area contributed by atoms with Gasteiger partial charge in [0.15, 0.2) is 11.0 Å². The summed E-state index contributed by atoms with van der Waals surface area (Å²) >= 11 is 0. The second kappa shape index (κ2) is 3.02. The van der Waals surface area contributed by atoms with Gasteiger partial charge in [0.2, 0.25) is 0 Å². The molecule has 1 aliphatic rings. The quantitative estimate of drug-likeness (QED) is 0.471. The van der Waals surface area contributed by atoms with Crippen LogP contribution >= 0.6 is 16.5 Å². The van der Waals surface area contributed by atoms with E-state index in [0.29, 0.717) is 0 Å². The minimum absolute atomic E-state index is 0.149. The molecule has 4 nitrogen and oxygen atoms in total. The lowest BCUT2D eigenvalue weighted by molar-refractivity contribution is -0.134. The van der Waals surface area contributed by atoms with Gasteiger partial charge < -0.3 is 10.2 Å². The van der Waals surface area contributed by atoms with Crippen LogP contribution in [0.1, 0.15) is 0 Å². The molecule has 1 aliphatic heterocycles. The first-order chi connectivity index (χ1) is 4.63. The molecule has 10 heavy (non-hydrogen) atoms. The van der Waals surface area contributed by atoms with Gasteiger partial charge in [-0.1, -0.05) is 0 Å². The third-order valence-corrected chi connectivity index (χ3v) is 4.21. The second-order valence-electron chi connectivity index (χ2n) is 1.87. The van der Waals surface area contributed by atoms with Crippen LogP contribution in [0.4, 0.5) is 0 Å². The van der Waals surface area contributed by atoms with Gasteiger partial charge in [-0.25, -0.2) is 0 Å². The lowest BCUT2D eigenvalue weighted by Crippen LogP contribution is -2.38. The SMILES string of the molecule is O=C1PPC(=O)C(O)C1O. The zero-order valence-corrected chi connectivity index (χ0v) is 6.87. The molecule has 0 saturated carbocycles. The summed E-state index contributed by atoms with van der Waals surface area (Å²) in [4.78, 5) is 21.2. The summed E-state index contributed by atoms with van der Waals surface area (Å²) in [5, 5.41) is 17.6. The zero-order valence-electron chi connectivity index (χ0n) is 4.87. The van der Waals surface area contributed by atoms with Crippen LogP contribution in [0.5, 0.6) is 0 Å². The Morgan fingerprint density at radius 1 is 1.00 bits per heavy atom. The minimum Gasteiger partial charge on any atom is -0.382 e. The van der Waals surface area contributed by atoms with E-state index in [0.717, 1.165) is 0 Å². The zero-order chi connectivity index (χ0) is 7.72. The average molecular weight is 180 g/mol. The van der Waals surface area contributed by atoms with E-state index in [1.807, 2.05) is 0 Å². The van der Waals surface area contributed by atoms with Gasteiger partial charge in [-0.15, -0.1) is 0 Å². The fourth-order valence-electron chi connectivity index (χ4n) is 0.558. The summed E-state index contributed by atoms with van der Waals surface area (Å²) in [6.07, 6.45) is -2.93. The number of aliphatic hydroxyl groups excluding tert-OH is 2. The summed E-state index contributed by atoms with van der Waals surface area (Å²) in [5.74, 6) is 0. The van der Waals surface area contributed by atoms with Gasteiger partial charge in [-0.3, -0.25) is 9.59 Å². The number of hydrogen-bond acceptors (Lipinski definition) is 4. The number of rotatable bonds is 0. The Morgan fingerprint density at radius 3 is 1.60 bits per heavy atom. The Morgan fingerprint density at radius 2 is 1.30 bits per heavy atom. The summed E-state index contributed by atoms with van der Waals surface area (Å²) in [5.41, 5.74) is -0.823. The van der Waals surface area contributed by atoms with Gasteiger partial charge >= 0.3 is 0 Å². The highest BCUT2D eigenvalue weighted by atomic mass is 32.0. The van der Waals surface area contributed by atoms with E-state index in [4.69, 9.17) is 10.2 Å². The number of carbonyl (C=O) groups is 2. The van der Waals surface area contributed by atoms with Crippen LogP contribution in [0.25, 0.3) is 0 Å². The van der Waals surface area contributed by atoms with Gasteiger partial charge in [0.1, 0.15) is 12.2 Å². The van der Waals surface area contributed by atoms with Crippen LogP contribution in [0.15, 0.2) is 0 Å². The van der Waals surface area contributed by atoms with Crippen molar-refractivity contribution in [3.63, 3.8) is 0 Å². The monoisotopic (exact) mass is 180 g/mol. The number of aliphatic hydroxyl groups is 2. The Bertz CT molecular complexity index is 160. The van der Waals surface area contributed by atoms with Gasteiger partial charge in [-0.2, -0.15) is 0 Å². The molecule has 0 aromatic heterocycles. The molecular weight excluding hydrogens is 174 g/mol. The molecular formula is C4H6O4P2. The van der Waals surface area contributed by atoms with Gasteiger partial charge in [-0.05, 0) is 16.5 Å². The first-order valence-electron chi connectivity index (χ1n) is 2.59. The molecule has 2 N–H and O–H groups in total. The minimum atomic E-state index is -1.47. The van der Waals surface area contributed by atoms with Crippen molar-refractivity contribution < 1.29 is 19.8 Å². The summed E-state index contributed by atoms with van der Waals surface area (Å²) < 4.78 is 0. The molecule has 1 fully saturated rings. The van der Waals surface area contributed by atoms with E-state index in [2.05, 4.69) is 0 Å². The number of carbonyl (C=O) groups excluding carboxylic acids is 2. The maximum atomic E-state index is 10.6. The molecule has 0 amide bonds. The lowest BCUT2D eigenvalue weighted by Gasteiger charge is -2.19. The van der Waals surface area contributed by atoms with Gasteiger partial charge in [0, 0.05) is 0 Å². The first kappa shape index (κ1) is 8.22. The van der Waals surface area contributed by atoms with E-state index >= 15 is 0 Å². The molecule has 0 spiro atoms. The van der Waals surface area contributed by atoms with Crippen molar-refractivity contribution in [2.24, 2.45) is 0 Å². The largest absolute Gasteiger partial charge is 0.382 e. The molecule has 0 aromatic carbocycles. The Labute approximate surface area is 60.5 Å². The van der Waals surface area contributed by atoms with Crippen LogP contribution in [0.3, 0.4) is 0 Å². The second-order valence-corrected chi connectivity index (χ2v) is 4.85. The predicted molar refractivity (Wildman–Crippen MR) is 38.7 cm³/mol. The fraction of sp³-hybridized carbons (Fsp3) is 0.500. The average Bonchev–Trinajstić information content (AvgIpc) is 1.93. The van der Waals surface area contributed by atoms with E-state index in [1.165, 1.54) is 0 Å². The number of hydrogen-bond donors (Lipinski definition) is 2. The van der Waals surface area contributed by atoms with Crippen molar-refractivity contribution in [1.29, 1.82) is 0 Å². The van der Waals surface area contributed by atoms with E-state index in [1.54, 1.807) is 0 Å².